The second-order valence-electron chi connectivity index (χ2n) is 7.12. The lowest BCUT2D eigenvalue weighted by Gasteiger charge is -2.26. The second-order valence-corrected chi connectivity index (χ2v) is 9.13. The average Bonchev–Trinajstić information content (AvgIpc) is 3.03. The number of rotatable bonds is 8. The molecule has 28 heavy (non-hydrogen) atoms. The molecule has 0 unspecified atom stereocenters. The van der Waals surface area contributed by atoms with Crippen LogP contribution in [0.1, 0.15) is 30.9 Å². The number of hydrogen-bond acceptors (Lipinski definition) is 4. The van der Waals surface area contributed by atoms with Crippen molar-refractivity contribution in [3.63, 3.8) is 0 Å². The Balaban J connectivity index is 1.94. The van der Waals surface area contributed by atoms with Crippen molar-refractivity contribution in [2.45, 2.75) is 30.2 Å². The summed E-state index contributed by atoms with van der Waals surface area (Å²) in [4.78, 5) is 5.35. The molecule has 1 atom stereocenters. The Morgan fingerprint density at radius 1 is 1.04 bits per heavy atom. The maximum absolute atomic E-state index is 11.7. The molecule has 147 valence electrons. The largest absolute Gasteiger partial charge is 0.381 e. The second kappa shape index (κ2) is 8.41. The maximum atomic E-state index is 11.7. The van der Waals surface area contributed by atoms with Crippen molar-refractivity contribution in [3.8, 4) is 0 Å². The molecule has 0 aliphatic carbocycles. The van der Waals surface area contributed by atoms with Crippen molar-refractivity contribution in [2.24, 2.45) is 4.99 Å². The molecule has 1 aliphatic rings. The van der Waals surface area contributed by atoms with Crippen LogP contribution < -0.4 is 0 Å². The first-order chi connectivity index (χ1) is 13.3. The van der Waals surface area contributed by atoms with Gasteiger partial charge < -0.3 is 4.74 Å². The number of allylic oxidation sites excluding steroid dienone is 1. The van der Waals surface area contributed by atoms with E-state index in [0.717, 1.165) is 29.7 Å². The molecule has 4 nitrogen and oxygen atoms in total. The van der Waals surface area contributed by atoms with Crippen molar-refractivity contribution in [1.29, 1.82) is 0 Å². The molecule has 1 heterocycles. The van der Waals surface area contributed by atoms with Crippen LogP contribution in [-0.2, 0) is 20.1 Å². The van der Waals surface area contributed by atoms with Gasteiger partial charge in [0.25, 0.3) is 0 Å². The molecule has 0 amide bonds. The van der Waals surface area contributed by atoms with E-state index in [2.05, 4.69) is 32.1 Å². The molecule has 0 bridgehead atoms. The molecule has 0 fully saturated rings. The smallest absolute Gasteiger partial charge is 0.175 e. The van der Waals surface area contributed by atoms with Crippen LogP contribution in [0.5, 0.6) is 0 Å². The quantitative estimate of drug-likeness (QED) is 0.623. The highest BCUT2D eigenvalue weighted by atomic mass is 32.2. The van der Waals surface area contributed by atoms with E-state index < -0.39 is 15.4 Å². The standard InChI is InChI=1S/C23H26NO3S/c1-4-15-27-16-14-20-17-22(18-10-12-21(13-11-18)28(3,25)26)24-23(20,2)19-8-6-5-7-9-19/h5-13,17H,1,4,14-16H2,2-3H3/t23-/m0/s1. The highest BCUT2D eigenvalue weighted by molar-refractivity contribution is 7.90. The Kier molecular flexibility index (Phi) is 6.16. The third-order valence-corrected chi connectivity index (χ3v) is 6.13. The molecule has 0 saturated carbocycles. The molecule has 0 saturated heterocycles. The molecule has 0 aromatic heterocycles. The molecule has 2 aromatic rings. The van der Waals surface area contributed by atoms with Gasteiger partial charge in [-0.3, -0.25) is 4.99 Å². The third-order valence-electron chi connectivity index (χ3n) is 5.00. The van der Waals surface area contributed by atoms with Gasteiger partial charge in [0, 0.05) is 12.9 Å². The van der Waals surface area contributed by atoms with Crippen molar-refractivity contribution >= 4 is 15.5 Å². The number of benzene rings is 2. The van der Waals surface area contributed by atoms with E-state index in [9.17, 15) is 8.42 Å². The van der Waals surface area contributed by atoms with Crippen LogP contribution in [0.15, 0.2) is 76.1 Å². The predicted molar refractivity (Wildman–Crippen MR) is 113 cm³/mol. The summed E-state index contributed by atoms with van der Waals surface area (Å²) in [6.45, 7) is 7.19. The van der Waals surface area contributed by atoms with Crippen LogP contribution in [-0.4, -0.2) is 33.6 Å². The summed E-state index contributed by atoms with van der Waals surface area (Å²) in [5.41, 5.74) is 3.62. The van der Waals surface area contributed by atoms with Gasteiger partial charge >= 0.3 is 0 Å². The number of ether oxygens (including phenoxy) is 1. The minimum Gasteiger partial charge on any atom is -0.381 e. The Morgan fingerprint density at radius 3 is 2.32 bits per heavy atom. The first-order valence-corrected chi connectivity index (χ1v) is 11.3. The average molecular weight is 397 g/mol. The van der Waals surface area contributed by atoms with Crippen molar-refractivity contribution < 1.29 is 13.2 Å². The molecular weight excluding hydrogens is 370 g/mol. The van der Waals surface area contributed by atoms with Gasteiger partial charge in [0.15, 0.2) is 9.84 Å². The molecular formula is C23H26NO3S. The van der Waals surface area contributed by atoms with Crippen LogP contribution in [0.2, 0.25) is 0 Å². The van der Waals surface area contributed by atoms with E-state index in [1.54, 1.807) is 12.1 Å². The zero-order valence-corrected chi connectivity index (χ0v) is 17.2. The fourth-order valence-corrected chi connectivity index (χ4v) is 4.02. The SMILES string of the molecule is [CH2]CCOCCC1=CC(c2ccc(S(C)(=O)=O)cc2)=N[C@@]1(C)c1ccccc1. The van der Waals surface area contributed by atoms with Gasteiger partial charge in [-0.15, -0.1) is 0 Å². The monoisotopic (exact) mass is 396 g/mol. The van der Waals surface area contributed by atoms with E-state index in [1.165, 1.54) is 11.8 Å². The highest BCUT2D eigenvalue weighted by Crippen LogP contribution is 2.40. The lowest BCUT2D eigenvalue weighted by molar-refractivity contribution is 0.139. The van der Waals surface area contributed by atoms with E-state index in [-0.39, 0.29) is 0 Å². The zero-order valence-electron chi connectivity index (χ0n) is 16.4. The fourth-order valence-electron chi connectivity index (χ4n) is 3.39. The summed E-state index contributed by atoms with van der Waals surface area (Å²) in [6.07, 6.45) is 4.85. The van der Waals surface area contributed by atoms with Gasteiger partial charge in [-0.2, -0.15) is 0 Å². The van der Waals surface area contributed by atoms with Crippen LogP contribution in [0.25, 0.3) is 0 Å². The summed E-state index contributed by atoms with van der Waals surface area (Å²) in [7, 11) is -3.21. The number of hydrogen-bond donors (Lipinski definition) is 0. The summed E-state index contributed by atoms with van der Waals surface area (Å²) in [5.74, 6) is 0. The summed E-state index contributed by atoms with van der Waals surface area (Å²) in [5, 5.41) is 0. The third kappa shape index (κ3) is 4.42. The Hall–Kier alpha value is -2.24. The van der Waals surface area contributed by atoms with Gasteiger partial charge in [-0.25, -0.2) is 8.42 Å². The molecule has 0 spiro atoms. The first-order valence-electron chi connectivity index (χ1n) is 9.38. The van der Waals surface area contributed by atoms with E-state index in [0.29, 0.717) is 18.1 Å². The van der Waals surface area contributed by atoms with Gasteiger partial charge in [0.1, 0.15) is 5.54 Å². The van der Waals surface area contributed by atoms with Crippen molar-refractivity contribution in [3.05, 3.63) is 84.3 Å². The lowest BCUT2D eigenvalue weighted by atomic mass is 9.84. The lowest BCUT2D eigenvalue weighted by Crippen LogP contribution is -2.21. The van der Waals surface area contributed by atoms with Gasteiger partial charge in [-0.05, 0) is 54.7 Å². The minimum atomic E-state index is -3.21. The van der Waals surface area contributed by atoms with Crippen LogP contribution in [0.3, 0.4) is 0 Å². The van der Waals surface area contributed by atoms with Crippen LogP contribution >= 0.6 is 0 Å². The Labute approximate surface area is 167 Å². The van der Waals surface area contributed by atoms with Crippen LogP contribution in [0, 0.1) is 6.92 Å². The van der Waals surface area contributed by atoms with E-state index in [1.807, 2.05) is 30.3 Å². The highest BCUT2D eigenvalue weighted by Gasteiger charge is 2.35. The van der Waals surface area contributed by atoms with E-state index >= 15 is 0 Å². The Bertz CT molecular complexity index is 976. The summed E-state index contributed by atoms with van der Waals surface area (Å²) in [6, 6.07) is 17.1. The number of aliphatic imine (C=N–C) groups is 1. The summed E-state index contributed by atoms with van der Waals surface area (Å²) >= 11 is 0. The van der Waals surface area contributed by atoms with Crippen molar-refractivity contribution in [1.82, 2.24) is 0 Å². The van der Waals surface area contributed by atoms with Gasteiger partial charge in [-0.1, -0.05) is 49.4 Å². The summed E-state index contributed by atoms with van der Waals surface area (Å²) < 4.78 is 29.1. The van der Waals surface area contributed by atoms with Crippen molar-refractivity contribution in [2.75, 3.05) is 19.5 Å². The molecule has 1 radical (unpaired) electrons. The molecule has 2 aromatic carbocycles. The minimum absolute atomic E-state index is 0.312. The maximum Gasteiger partial charge on any atom is 0.175 e. The Morgan fingerprint density at radius 2 is 1.71 bits per heavy atom. The fraction of sp³-hybridized carbons (Fsp3) is 0.304. The molecule has 3 rings (SSSR count). The number of sulfone groups is 1. The van der Waals surface area contributed by atoms with Gasteiger partial charge in [0.2, 0.25) is 0 Å². The topological polar surface area (TPSA) is 55.7 Å². The number of nitrogens with zero attached hydrogens (tertiary/aromatic N) is 1. The molecule has 1 aliphatic heterocycles. The van der Waals surface area contributed by atoms with Crippen LogP contribution in [0.4, 0.5) is 0 Å². The molecule has 5 heteroatoms. The van der Waals surface area contributed by atoms with E-state index in [4.69, 9.17) is 9.73 Å². The van der Waals surface area contributed by atoms with Gasteiger partial charge in [0.05, 0.1) is 17.2 Å². The normalized spacial score (nSPS) is 19.4. The molecule has 0 N–H and O–H groups in total. The first kappa shape index (κ1) is 20.5. The zero-order chi connectivity index (χ0) is 20.2. The predicted octanol–water partition coefficient (Wildman–Crippen LogP) is 4.37.